The highest BCUT2D eigenvalue weighted by atomic mass is 32.1. The average molecular weight is 464 g/mol. The highest BCUT2D eigenvalue weighted by Crippen LogP contribution is 2.29. The molecule has 10 nitrogen and oxygen atoms in total. The van der Waals surface area contributed by atoms with E-state index in [9.17, 15) is 19.7 Å². The van der Waals surface area contributed by atoms with Crippen LogP contribution in [0.4, 0.5) is 16.7 Å². The number of nitrogens with zero attached hydrogens (tertiary/aromatic N) is 2. The maximum atomic E-state index is 12.3. The fourth-order valence-corrected chi connectivity index (χ4v) is 3.74. The van der Waals surface area contributed by atoms with E-state index >= 15 is 0 Å². The van der Waals surface area contributed by atoms with Gasteiger partial charge in [0, 0.05) is 11.8 Å². The van der Waals surface area contributed by atoms with Crippen molar-refractivity contribution in [1.82, 2.24) is 4.98 Å². The van der Waals surface area contributed by atoms with Gasteiger partial charge in [0.15, 0.2) is 10.9 Å². The molecule has 0 unspecified atom stereocenters. The quantitative estimate of drug-likeness (QED) is 0.230. The fourth-order valence-electron chi connectivity index (χ4n) is 2.83. The van der Waals surface area contributed by atoms with E-state index in [0.717, 1.165) is 22.1 Å². The largest absolute Gasteiger partial charge is 0.497 e. The van der Waals surface area contributed by atoms with Crippen LogP contribution in [0, 0.1) is 10.1 Å². The zero-order chi connectivity index (χ0) is 23.4. The molecule has 11 heteroatoms. The first kappa shape index (κ1) is 21.7. The summed E-state index contributed by atoms with van der Waals surface area (Å²) in [6.45, 7) is 0. The van der Waals surface area contributed by atoms with E-state index in [1.54, 1.807) is 43.5 Å². The van der Waals surface area contributed by atoms with Gasteiger partial charge in [-0.1, -0.05) is 23.5 Å². The van der Waals surface area contributed by atoms with E-state index in [1.807, 2.05) is 12.1 Å². The minimum Gasteiger partial charge on any atom is -0.497 e. The van der Waals surface area contributed by atoms with Gasteiger partial charge in [-0.2, -0.15) is 0 Å². The van der Waals surface area contributed by atoms with Crippen molar-refractivity contribution < 1.29 is 23.7 Å². The summed E-state index contributed by atoms with van der Waals surface area (Å²) in [6, 6.07) is 14.6. The number of nitro groups is 1. The van der Waals surface area contributed by atoms with Gasteiger partial charge in [-0.05, 0) is 48.0 Å². The average Bonchev–Trinajstić information content (AvgIpc) is 3.45. The number of rotatable bonds is 7. The summed E-state index contributed by atoms with van der Waals surface area (Å²) in [5.74, 6) is -0.920. The molecule has 2 aromatic carbocycles. The Kier molecular flexibility index (Phi) is 6.13. The Morgan fingerprint density at radius 1 is 1.12 bits per heavy atom. The molecule has 0 saturated carbocycles. The first-order chi connectivity index (χ1) is 15.9. The summed E-state index contributed by atoms with van der Waals surface area (Å²) in [4.78, 5) is 38.8. The molecule has 2 N–H and O–H groups in total. The molecule has 0 saturated heterocycles. The lowest BCUT2D eigenvalue weighted by molar-refractivity contribution is -0.402. The number of hydrogen-bond acceptors (Lipinski definition) is 8. The summed E-state index contributed by atoms with van der Waals surface area (Å²) in [7, 11) is 1.58. The van der Waals surface area contributed by atoms with Crippen molar-refractivity contribution >= 4 is 56.1 Å². The molecule has 0 atom stereocenters. The number of thiazole rings is 1. The summed E-state index contributed by atoms with van der Waals surface area (Å²) in [5.41, 5.74) is 1.94. The van der Waals surface area contributed by atoms with Crippen LogP contribution in [0.3, 0.4) is 0 Å². The van der Waals surface area contributed by atoms with Gasteiger partial charge < -0.3 is 14.5 Å². The normalized spacial score (nSPS) is 10.9. The zero-order valence-electron chi connectivity index (χ0n) is 17.1. The van der Waals surface area contributed by atoms with Crippen molar-refractivity contribution in [2.24, 2.45) is 0 Å². The molecule has 4 aromatic rings. The molecule has 2 amide bonds. The van der Waals surface area contributed by atoms with Gasteiger partial charge in [-0.25, -0.2) is 4.98 Å². The van der Waals surface area contributed by atoms with Crippen LogP contribution in [0.1, 0.15) is 16.1 Å². The van der Waals surface area contributed by atoms with Crippen LogP contribution in [0.25, 0.3) is 16.3 Å². The topological polar surface area (TPSA) is 137 Å². The Morgan fingerprint density at radius 3 is 2.61 bits per heavy atom. The van der Waals surface area contributed by atoms with E-state index in [2.05, 4.69) is 15.6 Å². The molecule has 0 radical (unpaired) electrons. The number of aromatic nitrogens is 1. The first-order valence-electron chi connectivity index (χ1n) is 9.50. The highest BCUT2D eigenvalue weighted by molar-refractivity contribution is 7.22. The maximum absolute atomic E-state index is 12.3. The molecule has 2 heterocycles. The second-order valence-corrected chi connectivity index (χ2v) is 7.68. The first-order valence-corrected chi connectivity index (χ1v) is 10.3. The van der Waals surface area contributed by atoms with Crippen LogP contribution >= 0.6 is 11.3 Å². The lowest BCUT2D eigenvalue weighted by atomic mass is 10.2. The molecular weight excluding hydrogens is 448 g/mol. The summed E-state index contributed by atoms with van der Waals surface area (Å²) in [6.07, 6.45) is 3.08. The second-order valence-electron chi connectivity index (χ2n) is 6.65. The minimum atomic E-state index is -0.720. The smallest absolute Gasteiger partial charge is 0.433 e. The Bertz CT molecular complexity index is 1370. The molecule has 0 aliphatic rings. The molecule has 2 aromatic heterocycles. The van der Waals surface area contributed by atoms with Crippen molar-refractivity contribution in [3.05, 3.63) is 82.1 Å². The van der Waals surface area contributed by atoms with Gasteiger partial charge in [0.05, 0.1) is 23.4 Å². The Hall–Kier alpha value is -4.51. The predicted octanol–water partition coefficient (Wildman–Crippen LogP) is 4.71. The van der Waals surface area contributed by atoms with Crippen LogP contribution in [-0.2, 0) is 4.79 Å². The van der Waals surface area contributed by atoms with Crippen molar-refractivity contribution in [2.75, 3.05) is 17.7 Å². The van der Waals surface area contributed by atoms with Gasteiger partial charge in [0.2, 0.25) is 5.91 Å². The monoisotopic (exact) mass is 464 g/mol. The number of hydrogen-bond donors (Lipinski definition) is 2. The zero-order valence-corrected chi connectivity index (χ0v) is 17.9. The SMILES string of the molecule is COc1ccc(C=CC(=O)Nc2nc3ccc(NC(=O)c4ccc([N+](=O)[O-])o4)cc3s2)cc1. The van der Waals surface area contributed by atoms with E-state index in [1.165, 1.54) is 23.5 Å². The van der Waals surface area contributed by atoms with Crippen molar-refractivity contribution in [3.8, 4) is 5.75 Å². The number of benzene rings is 2. The van der Waals surface area contributed by atoms with E-state index < -0.39 is 16.7 Å². The Balaban J connectivity index is 1.41. The third kappa shape index (κ3) is 5.22. The lowest BCUT2D eigenvalue weighted by Crippen LogP contribution is -2.10. The second kappa shape index (κ2) is 9.32. The van der Waals surface area contributed by atoms with Crippen LogP contribution in [0.2, 0.25) is 0 Å². The van der Waals surface area contributed by atoms with Gasteiger partial charge in [0.25, 0.3) is 5.91 Å². The number of ether oxygens (including phenoxy) is 1. The Labute approximate surface area is 190 Å². The van der Waals surface area contributed by atoms with Crippen molar-refractivity contribution in [2.45, 2.75) is 0 Å². The van der Waals surface area contributed by atoms with Gasteiger partial charge >= 0.3 is 5.88 Å². The number of methoxy groups -OCH3 is 1. The fraction of sp³-hybridized carbons (Fsp3) is 0.0455. The number of carbonyl (C=O) groups excluding carboxylic acids is 2. The molecule has 4 rings (SSSR count). The molecule has 33 heavy (non-hydrogen) atoms. The van der Waals surface area contributed by atoms with Crippen LogP contribution in [0.15, 0.2) is 65.1 Å². The number of furan rings is 1. The molecule has 166 valence electrons. The number of amides is 2. The molecule has 0 spiro atoms. The number of fused-ring (bicyclic) bond motifs is 1. The van der Waals surface area contributed by atoms with E-state index in [4.69, 9.17) is 9.15 Å². The highest BCUT2D eigenvalue weighted by Gasteiger charge is 2.17. The van der Waals surface area contributed by atoms with Gasteiger partial charge in [-0.15, -0.1) is 0 Å². The lowest BCUT2D eigenvalue weighted by Gasteiger charge is -2.02. The molecule has 0 fully saturated rings. The minimum absolute atomic E-state index is 0.178. The van der Waals surface area contributed by atoms with E-state index in [0.29, 0.717) is 16.3 Å². The molecule has 0 bridgehead atoms. The van der Waals surface area contributed by atoms with Crippen molar-refractivity contribution in [1.29, 1.82) is 0 Å². The van der Waals surface area contributed by atoms with Crippen molar-refractivity contribution in [3.63, 3.8) is 0 Å². The molecular formula is C22H16N4O6S. The number of carbonyl (C=O) groups is 2. The van der Waals surface area contributed by atoms with Gasteiger partial charge in [-0.3, -0.25) is 25.0 Å². The summed E-state index contributed by atoms with van der Waals surface area (Å²) >= 11 is 1.24. The maximum Gasteiger partial charge on any atom is 0.433 e. The number of anilines is 2. The molecule has 0 aliphatic carbocycles. The summed E-state index contributed by atoms with van der Waals surface area (Å²) < 4.78 is 10.7. The van der Waals surface area contributed by atoms with E-state index in [-0.39, 0.29) is 11.7 Å². The van der Waals surface area contributed by atoms with Crippen LogP contribution in [-0.4, -0.2) is 28.8 Å². The third-order valence-electron chi connectivity index (χ3n) is 4.41. The van der Waals surface area contributed by atoms with Crippen LogP contribution < -0.4 is 15.4 Å². The standard InChI is InChI=1S/C22H16N4O6S/c1-31-15-6-2-13(3-7-15)4-10-19(27)25-22-24-16-8-5-14(12-18(16)33-22)23-21(28)17-9-11-20(32-17)26(29)30/h2-12H,1H3,(H,23,28)(H,24,25,27). The third-order valence-corrected chi connectivity index (χ3v) is 5.35. The predicted molar refractivity (Wildman–Crippen MR) is 124 cm³/mol. The molecule has 0 aliphatic heterocycles. The van der Waals surface area contributed by atoms with Crippen LogP contribution in [0.5, 0.6) is 5.75 Å². The van der Waals surface area contributed by atoms with Gasteiger partial charge in [0.1, 0.15) is 10.7 Å². The Morgan fingerprint density at radius 2 is 1.91 bits per heavy atom. The summed E-state index contributed by atoms with van der Waals surface area (Å²) in [5, 5.41) is 16.4. The number of nitrogens with one attached hydrogen (secondary N) is 2.